The number of nitro benzene ring substituents is 1. The van der Waals surface area contributed by atoms with Crippen molar-refractivity contribution in [3.05, 3.63) is 93.5 Å². The van der Waals surface area contributed by atoms with Gasteiger partial charge in [0, 0.05) is 24.7 Å². The van der Waals surface area contributed by atoms with Gasteiger partial charge < -0.3 is 14.4 Å². The summed E-state index contributed by atoms with van der Waals surface area (Å²) >= 11 is 0. The first-order valence-electron chi connectivity index (χ1n) is 9.28. The van der Waals surface area contributed by atoms with Gasteiger partial charge in [-0.05, 0) is 36.2 Å². The molecule has 3 aromatic carbocycles. The SMILES string of the molecule is COc1cc(C(=O)N(C)c2ccc(C)cc2OCc2ccccc2)ccc1[N+](=O)[O-]. The summed E-state index contributed by atoms with van der Waals surface area (Å²) in [5.41, 5.74) is 2.69. The minimum absolute atomic E-state index is 0.0312. The topological polar surface area (TPSA) is 81.9 Å². The standard InChI is InChI=1S/C23H22N2O5/c1-16-9-11-19(22(13-16)30-15-17-7-5-4-6-8-17)24(2)23(26)18-10-12-20(25(27)28)21(14-18)29-3/h4-14H,15H2,1-3H3. The van der Waals surface area contributed by atoms with Crippen LogP contribution in [0.15, 0.2) is 66.7 Å². The zero-order valence-electron chi connectivity index (χ0n) is 17.0. The second-order valence-corrected chi connectivity index (χ2v) is 6.75. The number of nitro groups is 1. The van der Waals surface area contributed by atoms with Crippen LogP contribution in [0.25, 0.3) is 0 Å². The maximum absolute atomic E-state index is 13.1. The number of ether oxygens (including phenoxy) is 2. The summed E-state index contributed by atoms with van der Waals surface area (Å²) in [7, 11) is 2.96. The quantitative estimate of drug-likeness (QED) is 0.417. The molecule has 0 aliphatic heterocycles. The average molecular weight is 406 g/mol. The van der Waals surface area contributed by atoms with Crippen molar-refractivity contribution < 1.29 is 19.2 Å². The van der Waals surface area contributed by atoms with Gasteiger partial charge in [-0.3, -0.25) is 14.9 Å². The third-order valence-corrected chi connectivity index (χ3v) is 4.64. The molecule has 154 valence electrons. The van der Waals surface area contributed by atoms with E-state index in [1.807, 2.05) is 55.5 Å². The van der Waals surface area contributed by atoms with Crippen LogP contribution in [0.5, 0.6) is 11.5 Å². The second-order valence-electron chi connectivity index (χ2n) is 6.75. The number of anilines is 1. The Labute approximate surface area is 174 Å². The van der Waals surface area contributed by atoms with Crippen molar-refractivity contribution in [2.24, 2.45) is 0 Å². The molecule has 0 N–H and O–H groups in total. The molecule has 3 rings (SSSR count). The molecule has 0 radical (unpaired) electrons. The minimum atomic E-state index is -0.549. The highest BCUT2D eigenvalue weighted by molar-refractivity contribution is 6.07. The van der Waals surface area contributed by atoms with Gasteiger partial charge >= 0.3 is 5.69 Å². The van der Waals surface area contributed by atoms with Crippen LogP contribution in [0.3, 0.4) is 0 Å². The smallest absolute Gasteiger partial charge is 0.310 e. The Hall–Kier alpha value is -3.87. The monoisotopic (exact) mass is 406 g/mol. The number of amides is 1. The van der Waals surface area contributed by atoms with Gasteiger partial charge in [-0.15, -0.1) is 0 Å². The van der Waals surface area contributed by atoms with Crippen LogP contribution >= 0.6 is 0 Å². The summed E-state index contributed by atoms with van der Waals surface area (Å²) in [6, 6.07) is 19.4. The van der Waals surface area contributed by atoms with Crippen LogP contribution in [-0.4, -0.2) is 25.0 Å². The largest absolute Gasteiger partial charge is 0.490 e. The first kappa shape index (κ1) is 20.9. The lowest BCUT2D eigenvalue weighted by atomic mass is 10.1. The van der Waals surface area contributed by atoms with Gasteiger partial charge in [-0.1, -0.05) is 36.4 Å². The lowest BCUT2D eigenvalue weighted by molar-refractivity contribution is -0.385. The third-order valence-electron chi connectivity index (χ3n) is 4.64. The van der Waals surface area contributed by atoms with Crippen LogP contribution in [0.1, 0.15) is 21.5 Å². The predicted octanol–water partition coefficient (Wildman–Crippen LogP) is 4.77. The number of nitrogens with zero attached hydrogens (tertiary/aromatic N) is 2. The highest BCUT2D eigenvalue weighted by Gasteiger charge is 2.22. The van der Waals surface area contributed by atoms with E-state index in [4.69, 9.17) is 9.47 Å². The molecular formula is C23H22N2O5. The molecule has 0 atom stereocenters. The van der Waals surface area contributed by atoms with E-state index in [0.717, 1.165) is 11.1 Å². The number of methoxy groups -OCH3 is 1. The van der Waals surface area contributed by atoms with E-state index in [9.17, 15) is 14.9 Å². The summed E-state index contributed by atoms with van der Waals surface area (Å²) < 4.78 is 11.1. The van der Waals surface area contributed by atoms with Gasteiger partial charge in [0.25, 0.3) is 5.91 Å². The Bertz CT molecular complexity index is 1070. The third kappa shape index (κ3) is 4.57. The van der Waals surface area contributed by atoms with Crippen molar-refractivity contribution in [1.29, 1.82) is 0 Å². The summed E-state index contributed by atoms with van der Waals surface area (Å²) in [6.07, 6.45) is 0. The van der Waals surface area contributed by atoms with Crippen LogP contribution < -0.4 is 14.4 Å². The summed E-state index contributed by atoms with van der Waals surface area (Å²) in [4.78, 5) is 25.1. The van der Waals surface area contributed by atoms with Gasteiger partial charge in [0.2, 0.25) is 0 Å². The van der Waals surface area contributed by atoms with Crippen molar-refractivity contribution in [2.45, 2.75) is 13.5 Å². The van der Waals surface area contributed by atoms with Gasteiger partial charge in [0.1, 0.15) is 12.4 Å². The zero-order chi connectivity index (χ0) is 21.7. The van der Waals surface area contributed by atoms with E-state index >= 15 is 0 Å². The molecule has 0 bridgehead atoms. The van der Waals surface area contributed by atoms with E-state index in [1.165, 1.54) is 30.2 Å². The molecule has 0 fully saturated rings. The predicted molar refractivity (Wildman–Crippen MR) is 114 cm³/mol. The van der Waals surface area contributed by atoms with Crippen molar-refractivity contribution in [3.63, 3.8) is 0 Å². The maximum Gasteiger partial charge on any atom is 0.310 e. The minimum Gasteiger partial charge on any atom is -0.490 e. The van der Waals surface area contributed by atoms with Gasteiger partial charge in [0.15, 0.2) is 5.75 Å². The van der Waals surface area contributed by atoms with Gasteiger partial charge in [-0.2, -0.15) is 0 Å². The molecular weight excluding hydrogens is 384 g/mol. The first-order chi connectivity index (χ1) is 14.4. The van der Waals surface area contributed by atoms with Crippen molar-refractivity contribution in [1.82, 2.24) is 0 Å². The Morgan fingerprint density at radius 1 is 1.03 bits per heavy atom. The van der Waals surface area contributed by atoms with E-state index in [2.05, 4.69) is 0 Å². The number of benzene rings is 3. The first-order valence-corrected chi connectivity index (χ1v) is 9.28. The van der Waals surface area contributed by atoms with Crippen LogP contribution in [0.4, 0.5) is 11.4 Å². The fraction of sp³-hybridized carbons (Fsp3) is 0.174. The molecule has 30 heavy (non-hydrogen) atoms. The Morgan fingerprint density at radius 3 is 2.43 bits per heavy atom. The molecule has 0 aliphatic carbocycles. The van der Waals surface area contributed by atoms with Gasteiger partial charge in [0.05, 0.1) is 17.7 Å². The molecule has 0 aliphatic rings. The second kappa shape index (κ2) is 9.09. The van der Waals surface area contributed by atoms with E-state index < -0.39 is 4.92 Å². The summed E-state index contributed by atoms with van der Waals surface area (Å²) in [5, 5.41) is 11.1. The van der Waals surface area contributed by atoms with Crippen molar-refractivity contribution in [2.75, 3.05) is 19.1 Å². The number of aryl methyl sites for hydroxylation is 1. The number of hydrogen-bond acceptors (Lipinski definition) is 5. The van der Waals surface area contributed by atoms with E-state index in [0.29, 0.717) is 18.0 Å². The number of hydrogen-bond donors (Lipinski definition) is 0. The van der Waals surface area contributed by atoms with Crippen LogP contribution in [0.2, 0.25) is 0 Å². The van der Waals surface area contributed by atoms with Crippen LogP contribution in [0, 0.1) is 17.0 Å². The fourth-order valence-electron chi connectivity index (χ4n) is 3.01. The number of carbonyl (C=O) groups excluding carboxylic acids is 1. The molecule has 0 unspecified atom stereocenters. The molecule has 0 aromatic heterocycles. The molecule has 3 aromatic rings. The lowest BCUT2D eigenvalue weighted by Gasteiger charge is -2.21. The molecule has 1 amide bonds. The average Bonchev–Trinajstić information content (AvgIpc) is 2.77. The van der Waals surface area contributed by atoms with E-state index in [1.54, 1.807) is 7.05 Å². The van der Waals surface area contributed by atoms with Crippen LogP contribution in [-0.2, 0) is 6.61 Å². The normalized spacial score (nSPS) is 10.4. The number of carbonyl (C=O) groups is 1. The molecule has 0 saturated heterocycles. The maximum atomic E-state index is 13.1. The molecule has 7 nitrogen and oxygen atoms in total. The Kier molecular flexibility index (Phi) is 6.32. The molecule has 0 spiro atoms. The molecule has 0 heterocycles. The van der Waals surface area contributed by atoms with Crippen molar-refractivity contribution in [3.8, 4) is 11.5 Å². The summed E-state index contributed by atoms with van der Waals surface area (Å²) in [5.74, 6) is 0.267. The molecule has 0 saturated carbocycles. The highest BCUT2D eigenvalue weighted by atomic mass is 16.6. The van der Waals surface area contributed by atoms with Crippen molar-refractivity contribution >= 4 is 17.3 Å². The Balaban J connectivity index is 1.88. The van der Waals surface area contributed by atoms with Gasteiger partial charge in [-0.25, -0.2) is 0 Å². The summed E-state index contributed by atoms with van der Waals surface area (Å²) in [6.45, 7) is 2.31. The van der Waals surface area contributed by atoms with E-state index in [-0.39, 0.29) is 22.9 Å². The highest BCUT2D eigenvalue weighted by Crippen LogP contribution is 2.32. The zero-order valence-corrected chi connectivity index (χ0v) is 17.0. The fourth-order valence-corrected chi connectivity index (χ4v) is 3.01. The molecule has 7 heteroatoms. The Morgan fingerprint density at radius 2 is 1.77 bits per heavy atom. The lowest BCUT2D eigenvalue weighted by Crippen LogP contribution is -2.26. The number of rotatable bonds is 7.